The zero-order valence-electron chi connectivity index (χ0n) is 17.5. The summed E-state index contributed by atoms with van der Waals surface area (Å²) in [6, 6.07) is 11.6. The van der Waals surface area contributed by atoms with Crippen LogP contribution in [-0.4, -0.2) is 51.0 Å². The van der Waals surface area contributed by atoms with Crippen molar-refractivity contribution >= 4 is 11.8 Å². The van der Waals surface area contributed by atoms with E-state index >= 15 is 0 Å². The molecule has 7 nitrogen and oxygen atoms in total. The van der Waals surface area contributed by atoms with Gasteiger partial charge in [-0.2, -0.15) is 0 Å². The van der Waals surface area contributed by atoms with Gasteiger partial charge in [0.05, 0.1) is 19.0 Å². The highest BCUT2D eigenvalue weighted by molar-refractivity contribution is 5.96. The largest absolute Gasteiger partial charge is 0.343 e. The lowest BCUT2D eigenvalue weighted by molar-refractivity contribution is -0.138. The molecule has 2 aromatic rings. The number of aromatic nitrogens is 1. The third kappa shape index (κ3) is 2.65. The van der Waals surface area contributed by atoms with Crippen LogP contribution in [0.2, 0.25) is 0 Å². The first-order chi connectivity index (χ1) is 15.0. The molecule has 4 fully saturated rings. The molecule has 4 aliphatic rings. The van der Waals surface area contributed by atoms with Gasteiger partial charge in [-0.3, -0.25) is 14.4 Å². The van der Waals surface area contributed by atoms with E-state index in [-0.39, 0.29) is 47.5 Å². The smallest absolute Gasteiger partial charge is 0.263 e. The molecule has 0 radical (unpaired) electrons. The summed E-state index contributed by atoms with van der Waals surface area (Å²) in [5, 5.41) is 0. The van der Waals surface area contributed by atoms with Crippen molar-refractivity contribution in [3.8, 4) is 0 Å². The summed E-state index contributed by atoms with van der Waals surface area (Å²) in [6.45, 7) is 2.79. The van der Waals surface area contributed by atoms with Gasteiger partial charge in [0.25, 0.3) is 11.5 Å². The first kappa shape index (κ1) is 18.8. The molecule has 4 heterocycles. The molecule has 3 aliphatic heterocycles. The average Bonchev–Trinajstić information content (AvgIpc) is 3.36. The molecule has 160 valence electrons. The van der Waals surface area contributed by atoms with Gasteiger partial charge in [0, 0.05) is 25.2 Å². The molecule has 1 spiro atoms. The van der Waals surface area contributed by atoms with Crippen LogP contribution in [0.5, 0.6) is 0 Å². The second-order valence-electron chi connectivity index (χ2n) is 9.15. The lowest BCUT2D eigenvalue weighted by atomic mass is 10.0. The Bertz CT molecular complexity index is 1140. The molecule has 7 heteroatoms. The predicted molar refractivity (Wildman–Crippen MR) is 112 cm³/mol. The molecule has 3 atom stereocenters. The molecule has 31 heavy (non-hydrogen) atoms. The van der Waals surface area contributed by atoms with E-state index < -0.39 is 5.72 Å². The lowest BCUT2D eigenvalue weighted by Crippen LogP contribution is -2.49. The average molecular weight is 419 g/mol. The summed E-state index contributed by atoms with van der Waals surface area (Å²) in [4.78, 5) is 43.1. The number of aryl methyl sites for hydroxylation is 1. The van der Waals surface area contributed by atoms with Gasteiger partial charge in [-0.05, 0) is 37.0 Å². The number of carbonyl (C=O) groups is 2. The molecule has 1 aromatic carbocycles. The van der Waals surface area contributed by atoms with Crippen molar-refractivity contribution in [2.75, 3.05) is 13.1 Å². The van der Waals surface area contributed by atoms with E-state index in [2.05, 4.69) is 0 Å². The van der Waals surface area contributed by atoms with Crippen LogP contribution in [0.3, 0.4) is 0 Å². The van der Waals surface area contributed by atoms with Crippen LogP contribution in [0.4, 0.5) is 0 Å². The van der Waals surface area contributed by atoms with E-state index in [9.17, 15) is 14.4 Å². The number of ether oxygens (including phenoxy) is 1. The highest BCUT2D eigenvalue weighted by atomic mass is 16.5. The third-order valence-corrected chi connectivity index (χ3v) is 7.34. The van der Waals surface area contributed by atoms with Gasteiger partial charge in [0.15, 0.2) is 5.72 Å². The zero-order chi connectivity index (χ0) is 21.3. The molecule has 0 N–H and O–H groups in total. The third-order valence-electron chi connectivity index (χ3n) is 7.34. The van der Waals surface area contributed by atoms with Gasteiger partial charge < -0.3 is 19.1 Å². The molecule has 0 unspecified atom stereocenters. The van der Waals surface area contributed by atoms with Gasteiger partial charge >= 0.3 is 0 Å². The van der Waals surface area contributed by atoms with Gasteiger partial charge in [-0.15, -0.1) is 0 Å². The van der Waals surface area contributed by atoms with Crippen LogP contribution in [0.25, 0.3) is 0 Å². The highest BCUT2D eigenvalue weighted by Crippen LogP contribution is 2.50. The lowest BCUT2D eigenvalue weighted by Gasteiger charge is -2.32. The van der Waals surface area contributed by atoms with E-state index in [0.717, 1.165) is 18.4 Å². The first-order valence-corrected chi connectivity index (χ1v) is 11.1. The molecule has 1 aliphatic carbocycles. The van der Waals surface area contributed by atoms with Crippen LogP contribution in [0, 0.1) is 6.92 Å². The van der Waals surface area contributed by atoms with E-state index in [1.54, 1.807) is 22.6 Å². The fourth-order valence-corrected chi connectivity index (χ4v) is 5.59. The van der Waals surface area contributed by atoms with Crippen molar-refractivity contribution in [1.82, 2.24) is 14.4 Å². The van der Waals surface area contributed by atoms with Crippen LogP contribution in [0.15, 0.2) is 47.4 Å². The van der Waals surface area contributed by atoms with Crippen molar-refractivity contribution in [3.63, 3.8) is 0 Å². The predicted octanol–water partition coefficient (Wildman–Crippen LogP) is 2.41. The van der Waals surface area contributed by atoms with Gasteiger partial charge in [0.2, 0.25) is 5.91 Å². The highest BCUT2D eigenvalue weighted by Gasteiger charge is 2.65. The normalized spacial score (nSPS) is 29.4. The number of hydrogen-bond acceptors (Lipinski definition) is 4. The number of carbonyl (C=O) groups excluding carboxylic acids is 2. The number of hydrogen-bond donors (Lipinski definition) is 0. The topological polar surface area (TPSA) is 71.9 Å². The minimum atomic E-state index is -0.786. The Labute approximate surface area is 180 Å². The molecule has 1 aromatic heterocycles. The molecule has 2 amide bonds. The summed E-state index contributed by atoms with van der Waals surface area (Å²) in [6.07, 6.45) is 4.36. The Morgan fingerprint density at radius 3 is 2.65 bits per heavy atom. The Balaban J connectivity index is 1.34. The van der Waals surface area contributed by atoms with E-state index in [0.29, 0.717) is 25.1 Å². The second kappa shape index (κ2) is 6.53. The van der Waals surface area contributed by atoms with Crippen molar-refractivity contribution in [2.45, 2.75) is 56.5 Å². The van der Waals surface area contributed by atoms with Crippen LogP contribution < -0.4 is 5.56 Å². The number of likely N-dealkylation sites (tertiary alicyclic amines) is 1. The maximum absolute atomic E-state index is 13.6. The number of rotatable bonds is 3. The maximum atomic E-state index is 13.6. The summed E-state index contributed by atoms with van der Waals surface area (Å²) in [5.74, 6) is -0.262. The monoisotopic (exact) mass is 419 g/mol. The number of amides is 2. The van der Waals surface area contributed by atoms with Crippen LogP contribution in [-0.2, 0) is 9.53 Å². The molecular weight excluding hydrogens is 394 g/mol. The Morgan fingerprint density at radius 1 is 1.13 bits per heavy atom. The van der Waals surface area contributed by atoms with Crippen LogP contribution >= 0.6 is 0 Å². The molecule has 6 rings (SSSR count). The van der Waals surface area contributed by atoms with Gasteiger partial charge in [-0.1, -0.05) is 30.3 Å². The zero-order valence-corrected chi connectivity index (χ0v) is 17.5. The van der Waals surface area contributed by atoms with E-state index in [1.807, 2.05) is 41.3 Å². The number of pyridine rings is 1. The minimum absolute atomic E-state index is 0.0149. The summed E-state index contributed by atoms with van der Waals surface area (Å²) in [5.41, 5.74) is 0.947. The van der Waals surface area contributed by atoms with Crippen molar-refractivity contribution in [1.29, 1.82) is 0 Å². The van der Waals surface area contributed by atoms with Crippen molar-refractivity contribution in [2.24, 2.45) is 0 Å². The van der Waals surface area contributed by atoms with Gasteiger partial charge in [0.1, 0.15) is 11.7 Å². The fraction of sp³-hybridized carbons (Fsp3) is 0.458. The van der Waals surface area contributed by atoms with Crippen molar-refractivity contribution < 1.29 is 14.3 Å². The molecule has 0 bridgehead atoms. The number of nitrogens with zero attached hydrogens (tertiary/aromatic N) is 3. The number of benzene rings is 1. The second-order valence-corrected chi connectivity index (χ2v) is 9.15. The summed E-state index contributed by atoms with van der Waals surface area (Å²) >= 11 is 0. The molecule has 3 saturated heterocycles. The van der Waals surface area contributed by atoms with Crippen molar-refractivity contribution in [3.05, 3.63) is 69.6 Å². The van der Waals surface area contributed by atoms with E-state index in [4.69, 9.17) is 4.74 Å². The first-order valence-electron chi connectivity index (χ1n) is 11.1. The van der Waals surface area contributed by atoms with Crippen LogP contribution in [0.1, 0.15) is 59.3 Å². The Morgan fingerprint density at radius 2 is 1.90 bits per heavy atom. The Hall–Kier alpha value is -2.93. The van der Waals surface area contributed by atoms with Gasteiger partial charge in [-0.25, -0.2) is 0 Å². The maximum Gasteiger partial charge on any atom is 0.263 e. The standard InChI is InChI=1S/C24H25N3O4/c1-15-9-11-25(17-7-8-17)22(29)21(15)23(30)26-12-10-24-19(26)13-20(28)27(24)14-18(31-24)16-5-3-2-4-6-16/h2-6,9,11,17-19H,7-8,10,12-14H2,1H3/t18-,19+,24-/m0/s1. The SMILES string of the molecule is Cc1ccn(C2CC2)c(=O)c1C(=O)N1CC[C@@]23O[C@H](c4ccccc4)CN2C(=O)C[C@@H]13. The summed E-state index contributed by atoms with van der Waals surface area (Å²) in [7, 11) is 0. The summed E-state index contributed by atoms with van der Waals surface area (Å²) < 4.78 is 8.22. The molecular formula is C24H25N3O4. The van der Waals surface area contributed by atoms with E-state index in [1.165, 1.54) is 0 Å². The Kier molecular flexibility index (Phi) is 3.96. The minimum Gasteiger partial charge on any atom is -0.343 e. The molecule has 1 saturated carbocycles. The quantitative estimate of drug-likeness (QED) is 0.766. The fourth-order valence-electron chi connectivity index (χ4n) is 5.59.